The summed E-state index contributed by atoms with van der Waals surface area (Å²) in [6.45, 7) is 4.20. The van der Waals surface area contributed by atoms with Gasteiger partial charge in [-0.2, -0.15) is 0 Å². The molecule has 1 heterocycles. The van der Waals surface area contributed by atoms with Crippen molar-refractivity contribution in [2.24, 2.45) is 0 Å². The van der Waals surface area contributed by atoms with Crippen LogP contribution in [0.2, 0.25) is 0 Å². The molecular weight excluding hydrogens is 339 g/mol. The first-order chi connectivity index (χ1) is 11.9. The van der Waals surface area contributed by atoms with Crippen molar-refractivity contribution in [1.29, 1.82) is 0 Å². The first-order valence-electron chi connectivity index (χ1n) is 8.49. The average Bonchev–Trinajstić information content (AvgIpc) is 2.57. The van der Waals surface area contributed by atoms with E-state index in [0.717, 1.165) is 32.5 Å². The Kier molecular flexibility index (Phi) is 5.51. The molecule has 0 unspecified atom stereocenters. The van der Waals surface area contributed by atoms with Gasteiger partial charge in [0.25, 0.3) is 0 Å². The number of halogens is 1. The van der Waals surface area contributed by atoms with E-state index in [1.807, 2.05) is 18.2 Å². The van der Waals surface area contributed by atoms with Crippen LogP contribution in [0.1, 0.15) is 24.0 Å². The fraction of sp³-hybridized carbons (Fsp3) is 0.368. The monoisotopic (exact) mass is 362 g/mol. The SMILES string of the molecule is Cc1cc(F)ccc1S(=O)(=O)NC1CCN(Cc2ccccc2)CC1. The molecule has 0 saturated carbocycles. The lowest BCUT2D eigenvalue weighted by Crippen LogP contribution is -2.44. The number of sulfonamides is 1. The third kappa shape index (κ3) is 4.66. The summed E-state index contributed by atoms with van der Waals surface area (Å²) in [4.78, 5) is 2.49. The van der Waals surface area contributed by atoms with E-state index in [0.29, 0.717) is 5.56 Å². The van der Waals surface area contributed by atoms with Gasteiger partial charge in [-0.25, -0.2) is 17.5 Å². The third-order valence-corrected chi connectivity index (χ3v) is 6.27. The van der Waals surface area contributed by atoms with Crippen molar-refractivity contribution in [3.63, 3.8) is 0 Å². The molecule has 0 atom stereocenters. The fourth-order valence-electron chi connectivity index (χ4n) is 3.25. The lowest BCUT2D eigenvalue weighted by Gasteiger charge is -2.32. The van der Waals surface area contributed by atoms with E-state index in [9.17, 15) is 12.8 Å². The van der Waals surface area contributed by atoms with Crippen LogP contribution in [0.15, 0.2) is 53.4 Å². The highest BCUT2D eigenvalue weighted by Gasteiger charge is 2.25. The molecule has 6 heteroatoms. The summed E-state index contributed by atoms with van der Waals surface area (Å²) in [6.07, 6.45) is 1.54. The number of benzene rings is 2. The van der Waals surface area contributed by atoms with Crippen molar-refractivity contribution in [2.75, 3.05) is 13.1 Å². The van der Waals surface area contributed by atoms with Gasteiger partial charge in [-0.1, -0.05) is 30.3 Å². The second kappa shape index (κ2) is 7.64. The molecule has 0 radical (unpaired) electrons. The number of hydrogen-bond donors (Lipinski definition) is 1. The number of piperidine rings is 1. The van der Waals surface area contributed by atoms with Gasteiger partial charge in [-0.05, 0) is 49.1 Å². The Hall–Kier alpha value is -1.76. The molecule has 1 saturated heterocycles. The molecular formula is C19H23FN2O2S. The molecule has 3 rings (SSSR count). The maximum absolute atomic E-state index is 13.2. The normalized spacial score (nSPS) is 16.9. The van der Waals surface area contributed by atoms with E-state index < -0.39 is 15.8 Å². The lowest BCUT2D eigenvalue weighted by atomic mass is 10.1. The summed E-state index contributed by atoms with van der Waals surface area (Å²) in [7, 11) is -3.62. The van der Waals surface area contributed by atoms with Gasteiger partial charge in [0.15, 0.2) is 0 Å². The van der Waals surface area contributed by atoms with Gasteiger partial charge in [0.2, 0.25) is 10.0 Å². The number of hydrogen-bond acceptors (Lipinski definition) is 3. The summed E-state index contributed by atoms with van der Waals surface area (Å²) in [5.41, 5.74) is 1.69. The molecule has 0 bridgehead atoms. The van der Waals surface area contributed by atoms with Crippen LogP contribution in [-0.2, 0) is 16.6 Å². The Bertz CT molecular complexity index is 817. The van der Waals surface area contributed by atoms with Gasteiger partial charge in [-0.3, -0.25) is 4.90 Å². The van der Waals surface area contributed by atoms with Gasteiger partial charge in [0, 0.05) is 25.7 Å². The van der Waals surface area contributed by atoms with Crippen LogP contribution in [0.5, 0.6) is 0 Å². The fourth-order valence-corrected chi connectivity index (χ4v) is 4.78. The maximum atomic E-state index is 13.2. The first kappa shape index (κ1) is 18.0. The highest BCUT2D eigenvalue weighted by molar-refractivity contribution is 7.89. The second-order valence-electron chi connectivity index (χ2n) is 6.57. The first-order valence-corrected chi connectivity index (χ1v) is 9.97. The lowest BCUT2D eigenvalue weighted by molar-refractivity contribution is 0.200. The smallest absolute Gasteiger partial charge is 0.241 e. The van der Waals surface area contributed by atoms with Crippen molar-refractivity contribution in [3.05, 3.63) is 65.5 Å². The van der Waals surface area contributed by atoms with Crippen molar-refractivity contribution in [1.82, 2.24) is 9.62 Å². The van der Waals surface area contributed by atoms with Gasteiger partial charge in [-0.15, -0.1) is 0 Å². The number of rotatable bonds is 5. The molecule has 134 valence electrons. The number of nitrogens with zero attached hydrogens (tertiary/aromatic N) is 1. The van der Waals surface area contributed by atoms with Gasteiger partial charge >= 0.3 is 0 Å². The van der Waals surface area contributed by atoms with Crippen molar-refractivity contribution < 1.29 is 12.8 Å². The third-order valence-electron chi connectivity index (χ3n) is 4.58. The molecule has 4 nitrogen and oxygen atoms in total. The molecule has 2 aromatic carbocycles. The minimum Gasteiger partial charge on any atom is -0.299 e. The maximum Gasteiger partial charge on any atom is 0.241 e. The number of aryl methyl sites for hydroxylation is 1. The van der Waals surface area contributed by atoms with Crippen molar-refractivity contribution in [3.8, 4) is 0 Å². The average molecular weight is 362 g/mol. The predicted molar refractivity (Wildman–Crippen MR) is 96.2 cm³/mol. The molecule has 1 aliphatic heterocycles. The Morgan fingerprint density at radius 3 is 2.44 bits per heavy atom. The van der Waals surface area contributed by atoms with E-state index in [1.165, 1.54) is 23.8 Å². The van der Waals surface area contributed by atoms with E-state index in [-0.39, 0.29) is 10.9 Å². The van der Waals surface area contributed by atoms with Crippen LogP contribution in [0.25, 0.3) is 0 Å². The second-order valence-corrected chi connectivity index (χ2v) is 8.25. The van der Waals surface area contributed by atoms with Gasteiger partial charge < -0.3 is 0 Å². The van der Waals surface area contributed by atoms with Crippen LogP contribution < -0.4 is 4.72 Å². The molecule has 2 aromatic rings. The molecule has 1 N–H and O–H groups in total. The molecule has 0 spiro atoms. The van der Waals surface area contributed by atoms with Gasteiger partial charge in [0.05, 0.1) is 4.90 Å². The van der Waals surface area contributed by atoms with Crippen LogP contribution >= 0.6 is 0 Å². The number of nitrogens with one attached hydrogen (secondary N) is 1. The van der Waals surface area contributed by atoms with Crippen LogP contribution in [-0.4, -0.2) is 32.4 Å². The zero-order valence-corrected chi connectivity index (χ0v) is 15.1. The van der Waals surface area contributed by atoms with E-state index in [2.05, 4.69) is 21.8 Å². The van der Waals surface area contributed by atoms with E-state index >= 15 is 0 Å². The summed E-state index contributed by atoms with van der Waals surface area (Å²) >= 11 is 0. The zero-order chi connectivity index (χ0) is 17.9. The van der Waals surface area contributed by atoms with Crippen LogP contribution in [0.4, 0.5) is 4.39 Å². The van der Waals surface area contributed by atoms with Crippen molar-refractivity contribution in [2.45, 2.75) is 37.2 Å². The predicted octanol–water partition coefficient (Wildman–Crippen LogP) is 3.08. The van der Waals surface area contributed by atoms with Gasteiger partial charge in [0.1, 0.15) is 5.82 Å². The highest BCUT2D eigenvalue weighted by Crippen LogP contribution is 2.19. The van der Waals surface area contributed by atoms with E-state index in [4.69, 9.17) is 0 Å². The molecule has 1 fully saturated rings. The van der Waals surface area contributed by atoms with Crippen LogP contribution in [0, 0.1) is 12.7 Å². The standard InChI is InChI=1S/C19H23FN2O2S/c1-15-13-17(20)7-8-19(15)25(23,24)21-18-9-11-22(12-10-18)14-16-5-3-2-4-6-16/h2-8,13,18,21H,9-12,14H2,1H3. The Morgan fingerprint density at radius 2 is 1.80 bits per heavy atom. The largest absolute Gasteiger partial charge is 0.299 e. The topological polar surface area (TPSA) is 49.4 Å². The molecule has 0 aromatic heterocycles. The summed E-state index contributed by atoms with van der Waals surface area (Å²) in [5, 5.41) is 0. The summed E-state index contributed by atoms with van der Waals surface area (Å²) < 4.78 is 41.1. The Morgan fingerprint density at radius 1 is 1.12 bits per heavy atom. The minimum absolute atomic E-state index is 0.0820. The highest BCUT2D eigenvalue weighted by atomic mass is 32.2. The van der Waals surface area contributed by atoms with E-state index in [1.54, 1.807) is 6.92 Å². The number of likely N-dealkylation sites (tertiary alicyclic amines) is 1. The zero-order valence-electron chi connectivity index (χ0n) is 14.3. The molecule has 25 heavy (non-hydrogen) atoms. The quantitative estimate of drug-likeness (QED) is 0.889. The molecule has 1 aliphatic rings. The minimum atomic E-state index is -3.62. The Labute approximate surface area is 148 Å². The molecule has 0 amide bonds. The summed E-state index contributed by atoms with van der Waals surface area (Å²) in [5.74, 6) is -0.425. The molecule has 0 aliphatic carbocycles. The van der Waals surface area contributed by atoms with Crippen LogP contribution in [0.3, 0.4) is 0 Å². The summed E-state index contributed by atoms with van der Waals surface area (Å²) in [6, 6.07) is 13.9. The Balaban J connectivity index is 1.58. The van der Waals surface area contributed by atoms with Crippen molar-refractivity contribution >= 4 is 10.0 Å².